The summed E-state index contributed by atoms with van der Waals surface area (Å²) in [6.07, 6.45) is 0. The Morgan fingerprint density at radius 2 is 1.86 bits per heavy atom. The van der Waals surface area contributed by atoms with E-state index in [0.717, 1.165) is 5.56 Å². The zero-order valence-corrected chi connectivity index (χ0v) is 14.1. The van der Waals surface area contributed by atoms with Gasteiger partial charge in [-0.05, 0) is 23.8 Å². The molecule has 2 aromatic rings. The van der Waals surface area contributed by atoms with Crippen LogP contribution in [0.25, 0.3) is 11.1 Å². The molecule has 2 rings (SSSR count). The largest absolute Gasteiger partial charge is 0.488 e. The first kappa shape index (κ1) is 16.1. The molecule has 0 bridgehead atoms. The summed E-state index contributed by atoms with van der Waals surface area (Å²) in [6, 6.07) is 13.9. The summed E-state index contributed by atoms with van der Waals surface area (Å²) in [4.78, 5) is 0.0352. The van der Waals surface area contributed by atoms with Gasteiger partial charge >= 0.3 is 0 Å². The number of benzene rings is 2. The van der Waals surface area contributed by atoms with E-state index in [4.69, 9.17) is 15.4 Å². The van der Waals surface area contributed by atoms with Crippen molar-refractivity contribution >= 4 is 35.7 Å². The fraction of sp³-hybridized carbons (Fsp3) is 0.0667. The number of rotatable bonds is 5. The Morgan fingerprint density at radius 3 is 2.43 bits per heavy atom. The normalized spacial score (nSPS) is 11.1. The molecule has 21 heavy (non-hydrogen) atoms. The van der Waals surface area contributed by atoms with Gasteiger partial charge in [0.15, 0.2) is 0 Å². The smallest absolute Gasteiger partial charge is 0.261 e. The molecule has 3 nitrogen and oxygen atoms in total. The van der Waals surface area contributed by atoms with Gasteiger partial charge in [-0.1, -0.05) is 52.8 Å². The SMILES string of the molecule is C=C(Br)COc1ccc(S(=O)(=O)Cl)cc1-c1ccccc1. The minimum absolute atomic E-state index is 0.0352. The third kappa shape index (κ3) is 4.33. The van der Waals surface area contributed by atoms with Gasteiger partial charge in [0.25, 0.3) is 9.05 Å². The van der Waals surface area contributed by atoms with E-state index in [1.165, 1.54) is 12.1 Å². The van der Waals surface area contributed by atoms with Crippen LogP contribution in [0.3, 0.4) is 0 Å². The molecule has 0 aliphatic carbocycles. The highest BCUT2D eigenvalue weighted by atomic mass is 79.9. The molecule has 110 valence electrons. The average molecular weight is 388 g/mol. The molecule has 0 saturated heterocycles. The van der Waals surface area contributed by atoms with E-state index in [2.05, 4.69) is 22.5 Å². The zero-order chi connectivity index (χ0) is 15.5. The highest BCUT2D eigenvalue weighted by molar-refractivity contribution is 9.11. The van der Waals surface area contributed by atoms with Gasteiger partial charge in [0.1, 0.15) is 12.4 Å². The molecule has 0 saturated carbocycles. The summed E-state index contributed by atoms with van der Waals surface area (Å²) in [5.74, 6) is 0.561. The Hall–Kier alpha value is -1.30. The quantitative estimate of drug-likeness (QED) is 0.706. The van der Waals surface area contributed by atoms with Crippen molar-refractivity contribution in [2.75, 3.05) is 6.61 Å². The van der Waals surface area contributed by atoms with Crippen LogP contribution in [0.4, 0.5) is 0 Å². The number of hydrogen-bond acceptors (Lipinski definition) is 3. The number of hydrogen-bond donors (Lipinski definition) is 0. The molecular weight excluding hydrogens is 376 g/mol. The van der Waals surface area contributed by atoms with Crippen LogP contribution in [-0.4, -0.2) is 15.0 Å². The fourth-order valence-corrected chi connectivity index (χ4v) is 2.68. The second-order valence-electron chi connectivity index (χ2n) is 4.27. The van der Waals surface area contributed by atoms with Crippen molar-refractivity contribution in [1.82, 2.24) is 0 Å². The van der Waals surface area contributed by atoms with Crippen LogP contribution in [-0.2, 0) is 9.05 Å². The summed E-state index contributed by atoms with van der Waals surface area (Å²) in [7, 11) is 1.62. The Kier molecular flexibility index (Phi) is 5.08. The van der Waals surface area contributed by atoms with Crippen molar-refractivity contribution in [3.63, 3.8) is 0 Å². The van der Waals surface area contributed by atoms with Gasteiger partial charge in [-0.15, -0.1) is 0 Å². The van der Waals surface area contributed by atoms with Gasteiger partial charge in [-0.2, -0.15) is 0 Å². The maximum atomic E-state index is 11.5. The van der Waals surface area contributed by atoms with Gasteiger partial charge in [0.05, 0.1) is 4.90 Å². The fourth-order valence-electron chi connectivity index (χ4n) is 1.79. The van der Waals surface area contributed by atoms with Gasteiger partial charge < -0.3 is 4.74 Å². The maximum Gasteiger partial charge on any atom is 0.261 e. The van der Waals surface area contributed by atoms with Crippen LogP contribution < -0.4 is 4.74 Å². The van der Waals surface area contributed by atoms with Crippen molar-refractivity contribution in [2.24, 2.45) is 0 Å². The number of halogens is 2. The van der Waals surface area contributed by atoms with Gasteiger partial charge in [-0.25, -0.2) is 8.42 Å². The molecule has 0 radical (unpaired) electrons. The second-order valence-corrected chi connectivity index (χ2v) is 7.96. The lowest BCUT2D eigenvalue weighted by molar-refractivity contribution is 0.362. The molecule has 0 aliphatic heterocycles. The predicted octanol–water partition coefficient (Wildman–Crippen LogP) is 4.57. The Balaban J connectivity index is 2.53. The second kappa shape index (κ2) is 6.64. The molecule has 0 unspecified atom stereocenters. The Labute approximate surface area is 136 Å². The molecule has 0 aliphatic rings. The highest BCUT2D eigenvalue weighted by Crippen LogP contribution is 2.33. The third-order valence-electron chi connectivity index (χ3n) is 2.70. The monoisotopic (exact) mass is 386 g/mol. The predicted molar refractivity (Wildman–Crippen MR) is 88.5 cm³/mol. The van der Waals surface area contributed by atoms with E-state index in [1.807, 2.05) is 30.3 Å². The third-order valence-corrected chi connectivity index (χ3v) is 4.28. The lowest BCUT2D eigenvalue weighted by atomic mass is 10.0. The molecule has 0 spiro atoms. The van der Waals surface area contributed by atoms with Crippen molar-refractivity contribution in [3.8, 4) is 16.9 Å². The van der Waals surface area contributed by atoms with E-state index in [1.54, 1.807) is 6.07 Å². The molecule has 6 heteroatoms. The maximum absolute atomic E-state index is 11.5. The standard InChI is InChI=1S/C15H12BrClO3S/c1-11(16)10-20-15-8-7-13(21(17,18)19)9-14(15)12-5-3-2-4-6-12/h2-9H,1,10H2. The summed E-state index contributed by atoms with van der Waals surface area (Å²) < 4.78 is 29.3. The Bertz CT molecular complexity index is 758. The van der Waals surface area contributed by atoms with Crippen LogP contribution >= 0.6 is 26.6 Å². The highest BCUT2D eigenvalue weighted by Gasteiger charge is 2.15. The number of ether oxygens (including phenoxy) is 1. The van der Waals surface area contributed by atoms with Crippen molar-refractivity contribution < 1.29 is 13.2 Å². The molecule has 2 aromatic carbocycles. The summed E-state index contributed by atoms with van der Waals surface area (Å²) >= 11 is 3.22. The first-order valence-corrected chi connectivity index (χ1v) is 9.08. The van der Waals surface area contributed by atoms with Crippen LogP contribution in [0.2, 0.25) is 0 Å². The molecule has 0 N–H and O–H groups in total. The van der Waals surface area contributed by atoms with E-state index in [9.17, 15) is 8.42 Å². The van der Waals surface area contributed by atoms with Crippen molar-refractivity contribution in [1.29, 1.82) is 0 Å². The lowest BCUT2D eigenvalue weighted by Crippen LogP contribution is -1.99. The topological polar surface area (TPSA) is 43.4 Å². The van der Waals surface area contributed by atoms with Crippen molar-refractivity contribution in [2.45, 2.75) is 4.90 Å². The minimum atomic E-state index is -3.79. The first-order chi connectivity index (χ1) is 9.88. The zero-order valence-electron chi connectivity index (χ0n) is 10.9. The molecule has 0 amide bonds. The first-order valence-electron chi connectivity index (χ1n) is 5.98. The molecule has 0 aromatic heterocycles. The van der Waals surface area contributed by atoms with Crippen LogP contribution in [0.15, 0.2) is 64.5 Å². The van der Waals surface area contributed by atoms with E-state index in [0.29, 0.717) is 15.8 Å². The minimum Gasteiger partial charge on any atom is -0.488 e. The van der Waals surface area contributed by atoms with E-state index < -0.39 is 9.05 Å². The van der Waals surface area contributed by atoms with Gasteiger partial charge in [0.2, 0.25) is 0 Å². The average Bonchev–Trinajstić information content (AvgIpc) is 2.45. The van der Waals surface area contributed by atoms with Gasteiger partial charge in [0, 0.05) is 20.7 Å². The molecule has 0 heterocycles. The van der Waals surface area contributed by atoms with Crippen LogP contribution in [0.5, 0.6) is 5.75 Å². The summed E-state index contributed by atoms with van der Waals surface area (Å²) in [5, 5.41) is 0. The van der Waals surface area contributed by atoms with Gasteiger partial charge in [-0.3, -0.25) is 0 Å². The van der Waals surface area contributed by atoms with E-state index >= 15 is 0 Å². The molecule has 0 fully saturated rings. The summed E-state index contributed by atoms with van der Waals surface area (Å²) in [5.41, 5.74) is 1.50. The van der Waals surface area contributed by atoms with Crippen LogP contribution in [0, 0.1) is 0 Å². The Morgan fingerprint density at radius 1 is 1.19 bits per heavy atom. The summed E-state index contributed by atoms with van der Waals surface area (Å²) in [6.45, 7) is 3.99. The molecular formula is C15H12BrClO3S. The van der Waals surface area contributed by atoms with Crippen LogP contribution in [0.1, 0.15) is 0 Å². The van der Waals surface area contributed by atoms with E-state index in [-0.39, 0.29) is 11.5 Å². The van der Waals surface area contributed by atoms with Crippen molar-refractivity contribution in [3.05, 3.63) is 59.6 Å². The lowest BCUT2D eigenvalue weighted by Gasteiger charge is -2.12. The molecule has 0 atom stereocenters.